The molecule has 98 valence electrons. The molecule has 2 N–H and O–H groups in total. The Bertz CT molecular complexity index is 442. The van der Waals surface area contributed by atoms with Crippen LogP contribution in [-0.4, -0.2) is 31.6 Å². The van der Waals surface area contributed by atoms with Gasteiger partial charge in [0.25, 0.3) is 0 Å². The minimum Gasteiger partial charge on any atom is -0.497 e. The van der Waals surface area contributed by atoms with Gasteiger partial charge in [-0.15, -0.1) is 0 Å². The first kappa shape index (κ1) is 12.0. The van der Waals surface area contributed by atoms with E-state index in [9.17, 15) is 0 Å². The Morgan fingerprint density at radius 3 is 2.83 bits per heavy atom. The first-order valence-electron chi connectivity index (χ1n) is 6.81. The summed E-state index contributed by atoms with van der Waals surface area (Å²) >= 11 is 0. The zero-order valence-corrected chi connectivity index (χ0v) is 11.2. The van der Waals surface area contributed by atoms with Crippen molar-refractivity contribution in [2.45, 2.75) is 31.3 Å². The maximum atomic E-state index is 6.41. The number of hydrogen-bond donors (Lipinski definition) is 1. The van der Waals surface area contributed by atoms with Crippen LogP contribution in [0, 0.1) is 5.92 Å². The number of ether oxygens (including phenoxy) is 1. The molecule has 18 heavy (non-hydrogen) atoms. The number of methoxy groups -OCH3 is 1. The van der Waals surface area contributed by atoms with E-state index in [1.807, 2.05) is 6.07 Å². The second-order valence-corrected chi connectivity index (χ2v) is 5.74. The lowest BCUT2D eigenvalue weighted by Crippen LogP contribution is -2.39. The standard InChI is InChI=1S/C15H22N2O/c1-17(9-10-3-4-10)14-7-11-5-6-12(18-2)8-13(11)15(14)16/h5-6,8,10,14-15H,3-4,7,9,16H2,1-2H3. The lowest BCUT2D eigenvalue weighted by molar-refractivity contribution is 0.214. The van der Waals surface area contributed by atoms with Crippen LogP contribution in [0.15, 0.2) is 18.2 Å². The Balaban J connectivity index is 1.77. The summed E-state index contributed by atoms with van der Waals surface area (Å²) in [7, 11) is 3.92. The maximum Gasteiger partial charge on any atom is 0.119 e. The summed E-state index contributed by atoms with van der Waals surface area (Å²) in [6, 6.07) is 6.88. The van der Waals surface area contributed by atoms with Crippen LogP contribution >= 0.6 is 0 Å². The Kier molecular flexibility index (Phi) is 3.04. The topological polar surface area (TPSA) is 38.5 Å². The van der Waals surface area contributed by atoms with Crippen molar-refractivity contribution in [2.24, 2.45) is 11.7 Å². The molecule has 1 aromatic rings. The molecule has 0 spiro atoms. The van der Waals surface area contributed by atoms with E-state index in [-0.39, 0.29) is 6.04 Å². The lowest BCUT2D eigenvalue weighted by Gasteiger charge is -2.27. The Hall–Kier alpha value is -1.06. The summed E-state index contributed by atoms with van der Waals surface area (Å²) in [4.78, 5) is 2.45. The molecule has 0 aliphatic heterocycles. The highest BCUT2D eigenvalue weighted by molar-refractivity contribution is 5.42. The number of nitrogens with zero attached hydrogens (tertiary/aromatic N) is 1. The zero-order valence-electron chi connectivity index (χ0n) is 11.2. The third kappa shape index (κ3) is 2.13. The van der Waals surface area contributed by atoms with Gasteiger partial charge in [0.2, 0.25) is 0 Å². The molecule has 1 aromatic carbocycles. The summed E-state index contributed by atoms with van der Waals surface area (Å²) in [5.74, 6) is 1.83. The van der Waals surface area contributed by atoms with Crippen LogP contribution in [0.3, 0.4) is 0 Å². The van der Waals surface area contributed by atoms with E-state index in [1.54, 1.807) is 7.11 Å². The third-order valence-corrected chi connectivity index (χ3v) is 4.37. The Morgan fingerprint density at radius 1 is 1.39 bits per heavy atom. The predicted molar refractivity (Wildman–Crippen MR) is 72.8 cm³/mol. The summed E-state index contributed by atoms with van der Waals surface area (Å²) in [5, 5.41) is 0. The molecule has 0 bridgehead atoms. The van der Waals surface area contributed by atoms with Crippen LogP contribution in [0.5, 0.6) is 5.75 Å². The van der Waals surface area contributed by atoms with Gasteiger partial charge in [0.05, 0.1) is 7.11 Å². The summed E-state index contributed by atoms with van der Waals surface area (Å²) in [5.41, 5.74) is 9.06. The van der Waals surface area contributed by atoms with Gasteiger partial charge < -0.3 is 15.4 Å². The third-order valence-electron chi connectivity index (χ3n) is 4.37. The van der Waals surface area contributed by atoms with Gasteiger partial charge >= 0.3 is 0 Å². The molecule has 2 unspecified atom stereocenters. The number of hydrogen-bond acceptors (Lipinski definition) is 3. The monoisotopic (exact) mass is 246 g/mol. The molecule has 3 nitrogen and oxygen atoms in total. The normalized spacial score (nSPS) is 26.4. The minimum absolute atomic E-state index is 0.124. The highest BCUT2D eigenvalue weighted by Gasteiger charge is 2.35. The van der Waals surface area contributed by atoms with Gasteiger partial charge in [0, 0.05) is 18.6 Å². The van der Waals surface area contributed by atoms with Crippen molar-refractivity contribution in [3.05, 3.63) is 29.3 Å². The number of likely N-dealkylation sites (N-methyl/N-ethyl adjacent to an activating group) is 1. The van der Waals surface area contributed by atoms with E-state index in [2.05, 4.69) is 24.1 Å². The predicted octanol–water partition coefficient (Wildman–Crippen LogP) is 1.96. The van der Waals surface area contributed by atoms with E-state index < -0.39 is 0 Å². The molecule has 2 atom stereocenters. The van der Waals surface area contributed by atoms with Gasteiger partial charge in [-0.25, -0.2) is 0 Å². The first-order chi connectivity index (χ1) is 8.69. The molecule has 0 radical (unpaired) electrons. The average Bonchev–Trinajstić information content (AvgIpc) is 3.13. The van der Waals surface area contributed by atoms with Gasteiger partial charge in [-0.05, 0) is 55.5 Å². The van der Waals surface area contributed by atoms with Gasteiger partial charge in [-0.1, -0.05) is 6.07 Å². The highest BCUT2D eigenvalue weighted by atomic mass is 16.5. The molecule has 3 heteroatoms. The van der Waals surface area contributed by atoms with E-state index in [0.717, 1.165) is 18.1 Å². The Morgan fingerprint density at radius 2 is 2.17 bits per heavy atom. The maximum absolute atomic E-state index is 6.41. The van der Waals surface area contributed by atoms with Crippen LogP contribution in [-0.2, 0) is 6.42 Å². The van der Waals surface area contributed by atoms with Crippen molar-refractivity contribution in [2.75, 3.05) is 20.7 Å². The molecular weight excluding hydrogens is 224 g/mol. The Labute approximate surface area is 109 Å². The largest absolute Gasteiger partial charge is 0.497 e. The summed E-state index contributed by atoms with van der Waals surface area (Å²) < 4.78 is 5.29. The molecule has 2 aliphatic carbocycles. The molecule has 1 fully saturated rings. The zero-order chi connectivity index (χ0) is 12.7. The number of benzene rings is 1. The number of rotatable bonds is 4. The van der Waals surface area contributed by atoms with Crippen LogP contribution in [0.25, 0.3) is 0 Å². The minimum atomic E-state index is 0.124. The quantitative estimate of drug-likeness (QED) is 0.882. The smallest absolute Gasteiger partial charge is 0.119 e. The molecular formula is C15H22N2O. The van der Waals surface area contributed by atoms with Crippen molar-refractivity contribution < 1.29 is 4.74 Å². The lowest BCUT2D eigenvalue weighted by atomic mass is 10.1. The van der Waals surface area contributed by atoms with Gasteiger partial charge in [-0.2, -0.15) is 0 Å². The van der Waals surface area contributed by atoms with Crippen molar-refractivity contribution in [3.8, 4) is 5.75 Å². The average molecular weight is 246 g/mol. The van der Waals surface area contributed by atoms with E-state index in [4.69, 9.17) is 10.5 Å². The van der Waals surface area contributed by atoms with Crippen LogP contribution in [0.1, 0.15) is 30.0 Å². The SMILES string of the molecule is COc1ccc2c(c1)C(N)C(N(C)CC1CC1)C2. The molecule has 2 aliphatic rings. The van der Waals surface area contributed by atoms with Gasteiger partial charge in [0.1, 0.15) is 5.75 Å². The molecule has 0 aromatic heterocycles. The van der Waals surface area contributed by atoms with Crippen molar-refractivity contribution in [3.63, 3.8) is 0 Å². The summed E-state index contributed by atoms with van der Waals surface area (Å²) in [6.07, 6.45) is 3.86. The fraction of sp³-hybridized carbons (Fsp3) is 0.600. The van der Waals surface area contributed by atoms with E-state index in [0.29, 0.717) is 6.04 Å². The van der Waals surface area contributed by atoms with Crippen LogP contribution < -0.4 is 10.5 Å². The van der Waals surface area contributed by atoms with Crippen molar-refractivity contribution in [1.82, 2.24) is 4.90 Å². The molecule has 0 amide bonds. The van der Waals surface area contributed by atoms with Gasteiger partial charge in [-0.3, -0.25) is 0 Å². The second kappa shape index (κ2) is 4.56. The van der Waals surface area contributed by atoms with Crippen LogP contribution in [0.4, 0.5) is 0 Å². The van der Waals surface area contributed by atoms with Crippen LogP contribution in [0.2, 0.25) is 0 Å². The second-order valence-electron chi connectivity index (χ2n) is 5.74. The summed E-state index contributed by atoms with van der Waals surface area (Å²) in [6.45, 7) is 1.20. The van der Waals surface area contributed by atoms with Gasteiger partial charge in [0.15, 0.2) is 0 Å². The van der Waals surface area contributed by atoms with E-state index in [1.165, 1.54) is 30.5 Å². The highest BCUT2D eigenvalue weighted by Crippen LogP contribution is 2.37. The van der Waals surface area contributed by atoms with Crippen molar-refractivity contribution in [1.29, 1.82) is 0 Å². The molecule has 3 rings (SSSR count). The molecule has 0 saturated heterocycles. The first-order valence-corrected chi connectivity index (χ1v) is 6.81. The van der Waals surface area contributed by atoms with Crippen molar-refractivity contribution >= 4 is 0 Å². The molecule has 0 heterocycles. The molecule has 1 saturated carbocycles. The number of nitrogens with two attached hydrogens (primary N) is 1. The fourth-order valence-electron chi connectivity index (χ4n) is 3.03. The fourth-order valence-corrected chi connectivity index (χ4v) is 3.03. The number of fused-ring (bicyclic) bond motifs is 1. The van der Waals surface area contributed by atoms with E-state index >= 15 is 0 Å².